The van der Waals surface area contributed by atoms with E-state index in [2.05, 4.69) is 16.9 Å². The summed E-state index contributed by atoms with van der Waals surface area (Å²) in [6.07, 6.45) is 6.32. The lowest BCUT2D eigenvalue weighted by Crippen LogP contribution is -2.43. The first kappa shape index (κ1) is 14.7. The van der Waals surface area contributed by atoms with Gasteiger partial charge in [-0.3, -0.25) is 9.59 Å². The fraction of sp³-hybridized carbons (Fsp3) is 0.500. The lowest BCUT2D eigenvalue weighted by Gasteiger charge is -2.30. The fourth-order valence-electron chi connectivity index (χ4n) is 2.05. The predicted octanol–water partition coefficient (Wildman–Crippen LogP) is 2.20. The van der Waals surface area contributed by atoms with Crippen LogP contribution in [0.15, 0.2) is 18.9 Å². The number of carbonyl (C=O) groups is 2. The highest BCUT2D eigenvalue weighted by Crippen LogP contribution is 2.28. The van der Waals surface area contributed by atoms with E-state index in [0.717, 1.165) is 24.1 Å². The number of rotatable bonds is 6. The number of aryl methyl sites for hydroxylation is 1. The summed E-state index contributed by atoms with van der Waals surface area (Å²) in [6.45, 7) is 6.03. The quantitative estimate of drug-likeness (QED) is 0.818. The number of nitrogens with zero attached hydrogens (tertiary/aromatic N) is 2. The first-order valence-corrected chi connectivity index (χ1v) is 7.53. The molecule has 1 aliphatic carbocycles. The Balaban J connectivity index is 1.91. The molecule has 2 rings (SSSR count). The van der Waals surface area contributed by atoms with Crippen LogP contribution in [0.4, 0.5) is 5.13 Å². The van der Waals surface area contributed by atoms with Crippen LogP contribution in [0.1, 0.15) is 24.1 Å². The van der Waals surface area contributed by atoms with Crippen LogP contribution >= 0.6 is 11.3 Å². The Bertz CT molecular complexity index is 508. The molecule has 0 radical (unpaired) electrons. The topological polar surface area (TPSA) is 62.3 Å². The van der Waals surface area contributed by atoms with Crippen LogP contribution in [0.2, 0.25) is 0 Å². The molecule has 1 aliphatic rings. The smallest absolute Gasteiger partial charge is 0.245 e. The molecule has 1 aromatic heterocycles. The van der Waals surface area contributed by atoms with Crippen LogP contribution in [-0.4, -0.2) is 34.8 Å². The highest BCUT2D eigenvalue weighted by molar-refractivity contribution is 7.15. The Hall–Kier alpha value is -1.69. The number of nitrogens with one attached hydrogen (secondary N) is 1. The van der Waals surface area contributed by atoms with Gasteiger partial charge >= 0.3 is 0 Å². The van der Waals surface area contributed by atoms with Gasteiger partial charge in [0.25, 0.3) is 0 Å². The summed E-state index contributed by atoms with van der Waals surface area (Å²) >= 11 is 1.42. The van der Waals surface area contributed by atoms with Gasteiger partial charge in [-0.25, -0.2) is 4.98 Å². The molecule has 6 heteroatoms. The van der Waals surface area contributed by atoms with E-state index in [4.69, 9.17) is 0 Å². The number of hydrogen-bond acceptors (Lipinski definition) is 4. The van der Waals surface area contributed by atoms with Gasteiger partial charge in [0.2, 0.25) is 11.8 Å². The maximum Gasteiger partial charge on any atom is 0.245 e. The minimum Gasteiger partial charge on any atom is -0.329 e. The van der Waals surface area contributed by atoms with Gasteiger partial charge in [-0.05, 0) is 19.8 Å². The summed E-state index contributed by atoms with van der Waals surface area (Å²) in [7, 11) is 0. The van der Waals surface area contributed by atoms with Crippen molar-refractivity contribution in [3.05, 3.63) is 23.7 Å². The van der Waals surface area contributed by atoms with Gasteiger partial charge < -0.3 is 10.2 Å². The van der Waals surface area contributed by atoms with Crippen molar-refractivity contribution in [2.45, 2.75) is 26.2 Å². The van der Waals surface area contributed by atoms with Gasteiger partial charge in [0.1, 0.15) is 6.54 Å². The SMILES string of the molecule is C=CCN(CC(=O)Nc1ncc(C)s1)C(=O)C1CCC1. The predicted molar refractivity (Wildman–Crippen MR) is 79.6 cm³/mol. The van der Waals surface area contributed by atoms with Crippen molar-refractivity contribution < 1.29 is 9.59 Å². The van der Waals surface area contributed by atoms with Crippen molar-refractivity contribution in [2.24, 2.45) is 5.92 Å². The van der Waals surface area contributed by atoms with E-state index < -0.39 is 0 Å². The first-order chi connectivity index (χ1) is 9.60. The summed E-state index contributed by atoms with van der Waals surface area (Å²) in [4.78, 5) is 30.8. The largest absolute Gasteiger partial charge is 0.329 e. The zero-order valence-electron chi connectivity index (χ0n) is 11.6. The van der Waals surface area contributed by atoms with Crippen molar-refractivity contribution in [1.29, 1.82) is 0 Å². The molecule has 2 amide bonds. The molecule has 0 aliphatic heterocycles. The van der Waals surface area contributed by atoms with Gasteiger partial charge in [-0.15, -0.1) is 17.9 Å². The molecule has 1 fully saturated rings. The van der Waals surface area contributed by atoms with Gasteiger partial charge in [-0.2, -0.15) is 0 Å². The zero-order valence-corrected chi connectivity index (χ0v) is 12.4. The summed E-state index contributed by atoms with van der Waals surface area (Å²) in [6, 6.07) is 0. The van der Waals surface area contributed by atoms with E-state index in [0.29, 0.717) is 11.7 Å². The van der Waals surface area contributed by atoms with Crippen LogP contribution in [0, 0.1) is 12.8 Å². The molecule has 108 valence electrons. The second-order valence-corrected chi connectivity index (χ2v) is 6.19. The van der Waals surface area contributed by atoms with Crippen LogP contribution in [0.3, 0.4) is 0 Å². The highest BCUT2D eigenvalue weighted by atomic mass is 32.1. The minimum absolute atomic E-state index is 0.0555. The van der Waals surface area contributed by atoms with Crippen molar-refractivity contribution in [2.75, 3.05) is 18.4 Å². The molecule has 1 saturated carbocycles. The molecule has 1 heterocycles. The standard InChI is InChI=1S/C14H19N3O2S/c1-3-7-17(13(19)11-5-4-6-11)9-12(18)16-14-15-8-10(2)20-14/h3,8,11H,1,4-7,9H2,2H3,(H,15,16,18). The Morgan fingerprint density at radius 3 is 2.85 bits per heavy atom. The number of aromatic nitrogens is 1. The Morgan fingerprint density at radius 1 is 1.60 bits per heavy atom. The second kappa shape index (κ2) is 6.65. The second-order valence-electron chi connectivity index (χ2n) is 4.96. The maximum atomic E-state index is 12.2. The molecule has 1 aromatic rings. The molecule has 0 unspecified atom stereocenters. The molecule has 1 N–H and O–H groups in total. The zero-order chi connectivity index (χ0) is 14.5. The highest BCUT2D eigenvalue weighted by Gasteiger charge is 2.29. The molecule has 0 spiro atoms. The molecule has 0 atom stereocenters. The Kier molecular flexibility index (Phi) is 4.89. The summed E-state index contributed by atoms with van der Waals surface area (Å²) in [5, 5.41) is 3.29. The van der Waals surface area contributed by atoms with E-state index >= 15 is 0 Å². The molecular formula is C14H19N3O2S. The normalized spacial score (nSPS) is 14.4. The van der Waals surface area contributed by atoms with Crippen molar-refractivity contribution in [1.82, 2.24) is 9.88 Å². The Labute approximate surface area is 122 Å². The van der Waals surface area contributed by atoms with E-state index in [9.17, 15) is 9.59 Å². The van der Waals surface area contributed by atoms with Gasteiger partial charge in [0.05, 0.1) is 0 Å². The third kappa shape index (κ3) is 3.66. The minimum atomic E-state index is -0.214. The summed E-state index contributed by atoms with van der Waals surface area (Å²) in [5.41, 5.74) is 0. The monoisotopic (exact) mass is 293 g/mol. The van der Waals surface area contributed by atoms with Crippen molar-refractivity contribution in [3.63, 3.8) is 0 Å². The molecule has 5 nitrogen and oxygen atoms in total. The third-order valence-electron chi connectivity index (χ3n) is 3.32. The van der Waals surface area contributed by atoms with E-state index in [1.807, 2.05) is 6.92 Å². The number of hydrogen-bond donors (Lipinski definition) is 1. The molecule has 0 bridgehead atoms. The molecule has 0 saturated heterocycles. The first-order valence-electron chi connectivity index (χ1n) is 6.72. The number of carbonyl (C=O) groups excluding carboxylic acids is 2. The lowest BCUT2D eigenvalue weighted by molar-refractivity contribution is -0.140. The van der Waals surface area contributed by atoms with Crippen molar-refractivity contribution >= 4 is 28.3 Å². The van der Waals surface area contributed by atoms with Crippen LogP contribution in [0.5, 0.6) is 0 Å². The van der Waals surface area contributed by atoms with Gasteiger partial charge in [-0.1, -0.05) is 12.5 Å². The van der Waals surface area contributed by atoms with Crippen LogP contribution in [0.25, 0.3) is 0 Å². The van der Waals surface area contributed by atoms with E-state index in [-0.39, 0.29) is 24.3 Å². The van der Waals surface area contributed by atoms with Crippen LogP contribution < -0.4 is 5.32 Å². The summed E-state index contributed by atoms with van der Waals surface area (Å²) in [5.74, 6) is -0.0691. The third-order valence-corrected chi connectivity index (χ3v) is 4.15. The van der Waals surface area contributed by atoms with E-state index in [1.54, 1.807) is 17.2 Å². The number of thiazole rings is 1. The van der Waals surface area contributed by atoms with E-state index in [1.165, 1.54) is 11.3 Å². The van der Waals surface area contributed by atoms with Gasteiger partial charge in [0, 0.05) is 23.5 Å². The van der Waals surface area contributed by atoms with Crippen molar-refractivity contribution in [3.8, 4) is 0 Å². The molecule has 0 aromatic carbocycles. The molecular weight excluding hydrogens is 274 g/mol. The van der Waals surface area contributed by atoms with Gasteiger partial charge in [0.15, 0.2) is 5.13 Å². The number of anilines is 1. The summed E-state index contributed by atoms with van der Waals surface area (Å²) < 4.78 is 0. The fourth-order valence-corrected chi connectivity index (χ4v) is 2.73. The van der Waals surface area contributed by atoms with Crippen LogP contribution in [-0.2, 0) is 9.59 Å². The lowest BCUT2D eigenvalue weighted by atomic mass is 9.84. The average Bonchev–Trinajstić information content (AvgIpc) is 2.71. The Morgan fingerprint density at radius 2 is 2.35 bits per heavy atom. The molecule has 20 heavy (non-hydrogen) atoms. The average molecular weight is 293 g/mol. The number of amides is 2. The maximum absolute atomic E-state index is 12.2.